The average Bonchev–Trinajstić information content (AvgIpc) is 2.77. The molecule has 0 bridgehead atoms. The molecule has 0 fully saturated rings. The first-order valence-corrected chi connectivity index (χ1v) is 6.13. The van der Waals surface area contributed by atoms with Crippen molar-refractivity contribution in [2.24, 2.45) is 0 Å². The number of halogens is 1. The van der Waals surface area contributed by atoms with Gasteiger partial charge in [-0.1, -0.05) is 23.7 Å². The molecule has 1 N–H and O–H groups in total. The normalized spacial score (nSPS) is 14.0. The molecule has 0 radical (unpaired) electrons. The molecule has 0 amide bonds. The molecular weight excluding hydrogens is 248 g/mol. The lowest BCUT2D eigenvalue weighted by molar-refractivity contribution is 0.519. The van der Waals surface area contributed by atoms with Gasteiger partial charge in [0.15, 0.2) is 5.69 Å². The van der Waals surface area contributed by atoms with Gasteiger partial charge in [0.1, 0.15) is 11.9 Å². The van der Waals surface area contributed by atoms with Crippen LogP contribution in [0.15, 0.2) is 24.3 Å². The first-order valence-electron chi connectivity index (χ1n) is 5.76. The first-order chi connectivity index (χ1) is 8.79. The van der Waals surface area contributed by atoms with E-state index in [0.29, 0.717) is 17.3 Å². The molecule has 0 saturated heterocycles. The highest BCUT2D eigenvalue weighted by atomic mass is 35.5. The van der Waals surface area contributed by atoms with E-state index < -0.39 is 0 Å². The van der Waals surface area contributed by atoms with Crippen molar-refractivity contribution in [3.63, 3.8) is 0 Å². The molecule has 0 spiro atoms. The summed E-state index contributed by atoms with van der Waals surface area (Å²) < 4.78 is 2.10. The van der Waals surface area contributed by atoms with Crippen LogP contribution >= 0.6 is 11.6 Å². The molecule has 5 heteroatoms. The molecule has 2 heterocycles. The van der Waals surface area contributed by atoms with Crippen LogP contribution in [0.4, 0.5) is 0 Å². The van der Waals surface area contributed by atoms with E-state index in [4.69, 9.17) is 16.9 Å². The van der Waals surface area contributed by atoms with E-state index in [2.05, 4.69) is 20.9 Å². The highest BCUT2D eigenvalue weighted by molar-refractivity contribution is 6.30. The topological polar surface area (TPSA) is 53.6 Å². The van der Waals surface area contributed by atoms with Crippen LogP contribution in [-0.4, -0.2) is 16.1 Å². The summed E-state index contributed by atoms with van der Waals surface area (Å²) in [5.74, 6) is 0.825. The van der Waals surface area contributed by atoms with Crippen molar-refractivity contribution in [1.82, 2.24) is 14.9 Å². The van der Waals surface area contributed by atoms with Gasteiger partial charge in [-0.3, -0.25) is 0 Å². The van der Waals surface area contributed by atoms with Crippen molar-refractivity contribution in [2.75, 3.05) is 6.54 Å². The van der Waals surface area contributed by atoms with E-state index in [9.17, 15) is 0 Å². The predicted octanol–water partition coefficient (Wildman–Crippen LogP) is 2.18. The monoisotopic (exact) mass is 258 g/mol. The van der Waals surface area contributed by atoms with E-state index in [0.717, 1.165) is 30.2 Å². The summed E-state index contributed by atoms with van der Waals surface area (Å²) in [6, 6.07) is 9.72. The van der Waals surface area contributed by atoms with E-state index in [-0.39, 0.29) is 0 Å². The lowest BCUT2D eigenvalue weighted by Crippen LogP contribution is -2.28. The summed E-state index contributed by atoms with van der Waals surface area (Å²) in [7, 11) is 0. The van der Waals surface area contributed by atoms with Crippen LogP contribution in [0.1, 0.15) is 11.4 Å². The van der Waals surface area contributed by atoms with Gasteiger partial charge >= 0.3 is 0 Å². The van der Waals surface area contributed by atoms with Crippen LogP contribution in [0.3, 0.4) is 0 Å². The summed E-state index contributed by atoms with van der Waals surface area (Å²) >= 11 is 6.00. The molecule has 2 aromatic rings. The van der Waals surface area contributed by atoms with E-state index >= 15 is 0 Å². The van der Waals surface area contributed by atoms with Crippen LogP contribution in [0, 0.1) is 11.3 Å². The van der Waals surface area contributed by atoms with E-state index in [1.807, 2.05) is 24.3 Å². The van der Waals surface area contributed by atoms with Gasteiger partial charge in [0.05, 0.1) is 5.69 Å². The Hall–Kier alpha value is -1.83. The second-order valence-electron chi connectivity index (χ2n) is 4.18. The van der Waals surface area contributed by atoms with Gasteiger partial charge in [-0.05, 0) is 12.1 Å². The number of benzene rings is 1. The smallest absolute Gasteiger partial charge is 0.163 e. The number of hydrogen-bond acceptors (Lipinski definition) is 3. The molecular formula is C13H11ClN4. The van der Waals surface area contributed by atoms with Crippen molar-refractivity contribution < 1.29 is 0 Å². The molecule has 0 unspecified atom stereocenters. The highest BCUT2D eigenvalue weighted by Gasteiger charge is 2.20. The lowest BCUT2D eigenvalue weighted by atomic mass is 10.2. The van der Waals surface area contributed by atoms with Gasteiger partial charge in [-0.15, -0.1) is 0 Å². The minimum atomic E-state index is 0.497. The molecule has 18 heavy (non-hydrogen) atoms. The fourth-order valence-electron chi connectivity index (χ4n) is 2.24. The average molecular weight is 259 g/mol. The van der Waals surface area contributed by atoms with Crippen LogP contribution in [0.2, 0.25) is 5.02 Å². The number of nitrogens with one attached hydrogen (secondary N) is 1. The summed E-state index contributed by atoms with van der Waals surface area (Å²) in [4.78, 5) is 4.42. The zero-order valence-corrected chi connectivity index (χ0v) is 10.4. The third kappa shape index (κ3) is 1.78. The van der Waals surface area contributed by atoms with Gasteiger partial charge in [0, 0.05) is 30.2 Å². The van der Waals surface area contributed by atoms with Gasteiger partial charge in [0.2, 0.25) is 0 Å². The number of nitriles is 1. The van der Waals surface area contributed by atoms with Crippen LogP contribution < -0.4 is 5.32 Å². The maximum Gasteiger partial charge on any atom is 0.163 e. The zero-order chi connectivity index (χ0) is 12.5. The number of aromatic nitrogens is 2. The molecule has 1 aromatic carbocycles. The highest BCUT2D eigenvalue weighted by Crippen LogP contribution is 2.25. The number of hydrogen-bond donors (Lipinski definition) is 1. The number of imidazole rings is 1. The van der Waals surface area contributed by atoms with Crippen molar-refractivity contribution in [2.45, 2.75) is 13.1 Å². The van der Waals surface area contributed by atoms with Gasteiger partial charge in [-0.25, -0.2) is 4.98 Å². The standard InChI is InChI=1S/C13H11ClN4/c14-10-3-1-2-9(6-10)13-17-11(7-15)12-8-16-4-5-18(12)13/h1-3,6,16H,4-5,8H2. The fourth-order valence-corrected chi connectivity index (χ4v) is 2.43. The quantitative estimate of drug-likeness (QED) is 0.853. The van der Waals surface area contributed by atoms with Gasteiger partial charge in [0.25, 0.3) is 0 Å². The van der Waals surface area contributed by atoms with Crippen molar-refractivity contribution in [3.8, 4) is 17.5 Å². The third-order valence-electron chi connectivity index (χ3n) is 3.07. The summed E-state index contributed by atoms with van der Waals surface area (Å²) in [6.07, 6.45) is 0. The van der Waals surface area contributed by atoms with Crippen molar-refractivity contribution in [1.29, 1.82) is 5.26 Å². The Morgan fingerprint density at radius 3 is 3.11 bits per heavy atom. The Bertz CT molecular complexity index is 639. The van der Waals surface area contributed by atoms with Crippen molar-refractivity contribution >= 4 is 11.6 Å². The lowest BCUT2D eigenvalue weighted by Gasteiger charge is -2.17. The molecule has 0 atom stereocenters. The fraction of sp³-hybridized carbons (Fsp3) is 0.231. The minimum Gasteiger partial charge on any atom is -0.324 e. The SMILES string of the molecule is N#Cc1nc(-c2cccc(Cl)c2)n2c1CNCC2. The van der Waals surface area contributed by atoms with Crippen LogP contribution in [0.5, 0.6) is 0 Å². The maximum atomic E-state index is 9.13. The Morgan fingerprint density at radius 2 is 2.33 bits per heavy atom. The molecule has 1 aromatic heterocycles. The zero-order valence-electron chi connectivity index (χ0n) is 9.65. The second-order valence-corrected chi connectivity index (χ2v) is 4.62. The molecule has 1 aliphatic heterocycles. The Kier molecular flexibility index (Phi) is 2.78. The molecule has 4 nitrogen and oxygen atoms in total. The minimum absolute atomic E-state index is 0.497. The Balaban J connectivity index is 2.18. The summed E-state index contributed by atoms with van der Waals surface area (Å²) in [5, 5.41) is 13.1. The molecule has 1 aliphatic rings. The van der Waals surface area contributed by atoms with Crippen molar-refractivity contribution in [3.05, 3.63) is 40.7 Å². The molecule has 90 valence electrons. The number of rotatable bonds is 1. The third-order valence-corrected chi connectivity index (χ3v) is 3.30. The molecule has 0 saturated carbocycles. The summed E-state index contributed by atoms with van der Waals surface area (Å²) in [6.45, 7) is 2.41. The predicted molar refractivity (Wildman–Crippen MR) is 69.1 cm³/mol. The van der Waals surface area contributed by atoms with Crippen LogP contribution in [0.25, 0.3) is 11.4 Å². The van der Waals surface area contributed by atoms with Crippen LogP contribution in [-0.2, 0) is 13.1 Å². The van der Waals surface area contributed by atoms with E-state index in [1.165, 1.54) is 0 Å². The largest absolute Gasteiger partial charge is 0.324 e. The first kappa shape index (κ1) is 11.3. The van der Waals surface area contributed by atoms with E-state index in [1.54, 1.807) is 0 Å². The van der Waals surface area contributed by atoms with Gasteiger partial charge in [-0.2, -0.15) is 5.26 Å². The number of fused-ring (bicyclic) bond motifs is 1. The summed E-state index contributed by atoms with van der Waals surface area (Å²) in [5.41, 5.74) is 2.41. The molecule has 3 rings (SSSR count). The maximum absolute atomic E-state index is 9.13. The molecule has 0 aliphatic carbocycles. The second kappa shape index (κ2) is 4.45. The Labute approximate surface area is 110 Å². The van der Waals surface area contributed by atoms with Gasteiger partial charge < -0.3 is 9.88 Å². The number of nitrogens with zero attached hydrogens (tertiary/aromatic N) is 3. The Morgan fingerprint density at radius 1 is 1.44 bits per heavy atom.